The lowest BCUT2D eigenvalue weighted by atomic mass is 10.0. The van der Waals surface area contributed by atoms with Crippen LogP contribution in [0.5, 0.6) is 0 Å². The topological polar surface area (TPSA) is 228 Å². The van der Waals surface area contributed by atoms with Crippen LogP contribution < -0.4 is 21.3 Å². The molecular formula is C18H28N4O10. The molecule has 0 unspecified atom stereocenters. The van der Waals surface area contributed by atoms with Crippen molar-refractivity contribution in [3.8, 4) is 0 Å². The van der Waals surface area contributed by atoms with Gasteiger partial charge in [-0.3, -0.25) is 33.6 Å². The second-order valence-electron chi connectivity index (χ2n) is 7.31. The molecule has 4 atom stereocenters. The first kappa shape index (κ1) is 28.3. The van der Waals surface area contributed by atoms with E-state index in [4.69, 9.17) is 15.3 Å². The zero-order chi connectivity index (χ0) is 25.2. The van der Waals surface area contributed by atoms with Gasteiger partial charge in [0.05, 0.1) is 12.8 Å². The summed E-state index contributed by atoms with van der Waals surface area (Å²) in [4.78, 5) is 81.6. The average Bonchev–Trinajstić information content (AvgIpc) is 2.62. The fourth-order valence-corrected chi connectivity index (χ4v) is 2.44. The van der Waals surface area contributed by atoms with E-state index in [-0.39, 0.29) is 0 Å². The minimum atomic E-state index is -1.65. The highest BCUT2D eigenvalue weighted by atomic mass is 16.4. The fourth-order valence-electron chi connectivity index (χ4n) is 2.44. The SMILES string of the molecule is CC(=O)N[C@@H](CC(=O)O)C(=O)N[C@H](C(=O)N[C@@H](CC(=O)O)C(=O)N[C@@H](C)C(=O)O)C(C)C. The second kappa shape index (κ2) is 12.9. The van der Waals surface area contributed by atoms with Crippen molar-refractivity contribution in [1.82, 2.24) is 21.3 Å². The first-order chi connectivity index (χ1) is 14.6. The molecule has 0 heterocycles. The largest absolute Gasteiger partial charge is 0.481 e. The van der Waals surface area contributed by atoms with Gasteiger partial charge < -0.3 is 36.6 Å². The van der Waals surface area contributed by atoms with Crippen LogP contribution >= 0.6 is 0 Å². The number of carboxylic acid groups (broad SMARTS) is 3. The van der Waals surface area contributed by atoms with Crippen LogP contribution in [-0.2, 0) is 33.6 Å². The number of amides is 4. The summed E-state index contributed by atoms with van der Waals surface area (Å²) >= 11 is 0. The molecule has 0 aliphatic heterocycles. The van der Waals surface area contributed by atoms with Crippen molar-refractivity contribution in [3.05, 3.63) is 0 Å². The lowest BCUT2D eigenvalue weighted by molar-refractivity contribution is -0.143. The van der Waals surface area contributed by atoms with Gasteiger partial charge in [0.1, 0.15) is 24.2 Å². The number of carbonyl (C=O) groups is 7. The first-order valence-electron chi connectivity index (χ1n) is 9.50. The number of rotatable bonds is 13. The summed E-state index contributed by atoms with van der Waals surface area (Å²) in [6.45, 7) is 5.26. The summed E-state index contributed by atoms with van der Waals surface area (Å²) in [6.07, 6.45) is -1.62. The molecule has 0 saturated heterocycles. The Morgan fingerprint density at radius 2 is 1.09 bits per heavy atom. The van der Waals surface area contributed by atoms with Gasteiger partial charge in [-0.2, -0.15) is 0 Å². The Morgan fingerprint density at radius 3 is 1.47 bits per heavy atom. The number of carbonyl (C=O) groups excluding carboxylic acids is 4. The van der Waals surface area contributed by atoms with Gasteiger partial charge >= 0.3 is 17.9 Å². The number of hydrogen-bond donors (Lipinski definition) is 7. The van der Waals surface area contributed by atoms with Crippen molar-refractivity contribution in [2.75, 3.05) is 0 Å². The summed E-state index contributed by atoms with van der Waals surface area (Å²) in [5.74, 6) is -8.48. The quantitative estimate of drug-likeness (QED) is 0.155. The Hall–Kier alpha value is -3.71. The monoisotopic (exact) mass is 460 g/mol. The smallest absolute Gasteiger partial charge is 0.325 e. The molecule has 0 fully saturated rings. The first-order valence-corrected chi connectivity index (χ1v) is 9.50. The van der Waals surface area contributed by atoms with E-state index < -0.39 is 84.5 Å². The minimum absolute atomic E-state index is 0.590. The number of hydrogen-bond acceptors (Lipinski definition) is 7. The summed E-state index contributed by atoms with van der Waals surface area (Å²) in [5, 5.41) is 35.4. The Kier molecular flexibility index (Phi) is 11.4. The Labute approximate surface area is 183 Å². The lowest BCUT2D eigenvalue weighted by Crippen LogP contribution is -2.59. The third-order valence-electron chi connectivity index (χ3n) is 4.06. The van der Waals surface area contributed by atoms with Crippen LogP contribution in [0, 0.1) is 5.92 Å². The normalized spacial score (nSPS) is 14.3. The van der Waals surface area contributed by atoms with E-state index in [1.165, 1.54) is 13.8 Å². The van der Waals surface area contributed by atoms with E-state index in [9.17, 15) is 33.6 Å². The molecule has 0 aromatic rings. The van der Waals surface area contributed by atoms with E-state index in [1.807, 2.05) is 5.32 Å². The predicted octanol–water partition coefficient (Wildman–Crippen LogP) is -2.34. The van der Waals surface area contributed by atoms with E-state index in [0.29, 0.717) is 0 Å². The maximum absolute atomic E-state index is 12.7. The van der Waals surface area contributed by atoms with Crippen LogP contribution in [-0.4, -0.2) is 81.0 Å². The predicted molar refractivity (Wildman–Crippen MR) is 106 cm³/mol. The molecule has 0 spiro atoms. The highest BCUT2D eigenvalue weighted by Crippen LogP contribution is 2.06. The van der Waals surface area contributed by atoms with Gasteiger partial charge in [-0.05, 0) is 12.8 Å². The van der Waals surface area contributed by atoms with Gasteiger partial charge in [0, 0.05) is 6.92 Å². The van der Waals surface area contributed by atoms with E-state index in [0.717, 1.165) is 13.8 Å². The van der Waals surface area contributed by atoms with E-state index in [2.05, 4.69) is 16.0 Å². The van der Waals surface area contributed by atoms with Gasteiger partial charge in [0.15, 0.2) is 0 Å². The van der Waals surface area contributed by atoms with Gasteiger partial charge in [-0.15, -0.1) is 0 Å². The number of aliphatic carboxylic acids is 3. The van der Waals surface area contributed by atoms with Gasteiger partial charge in [0.25, 0.3) is 0 Å². The molecule has 0 aliphatic rings. The third kappa shape index (κ3) is 10.4. The summed E-state index contributed by atoms with van der Waals surface area (Å²) in [7, 11) is 0. The van der Waals surface area contributed by atoms with Gasteiger partial charge in [0.2, 0.25) is 23.6 Å². The third-order valence-corrected chi connectivity index (χ3v) is 4.06. The maximum Gasteiger partial charge on any atom is 0.325 e. The molecule has 0 radical (unpaired) electrons. The van der Waals surface area contributed by atoms with E-state index in [1.54, 1.807) is 0 Å². The molecule has 14 nitrogen and oxygen atoms in total. The van der Waals surface area contributed by atoms with Crippen LogP contribution in [0.25, 0.3) is 0 Å². The van der Waals surface area contributed by atoms with Crippen LogP contribution in [0.15, 0.2) is 0 Å². The molecule has 0 aromatic heterocycles. The zero-order valence-electron chi connectivity index (χ0n) is 18.0. The van der Waals surface area contributed by atoms with Crippen LogP contribution in [0.1, 0.15) is 40.5 Å². The van der Waals surface area contributed by atoms with Crippen molar-refractivity contribution in [2.24, 2.45) is 5.92 Å². The van der Waals surface area contributed by atoms with Crippen LogP contribution in [0.3, 0.4) is 0 Å². The molecular weight excluding hydrogens is 432 g/mol. The van der Waals surface area contributed by atoms with Crippen molar-refractivity contribution in [2.45, 2.75) is 64.7 Å². The van der Waals surface area contributed by atoms with Crippen LogP contribution in [0.4, 0.5) is 0 Å². The Balaban J connectivity index is 5.53. The van der Waals surface area contributed by atoms with Gasteiger partial charge in [-0.1, -0.05) is 13.8 Å². The lowest BCUT2D eigenvalue weighted by Gasteiger charge is -2.26. The highest BCUT2D eigenvalue weighted by molar-refractivity contribution is 5.96. The Bertz CT molecular complexity index is 751. The van der Waals surface area contributed by atoms with Crippen molar-refractivity contribution >= 4 is 41.5 Å². The minimum Gasteiger partial charge on any atom is -0.481 e. The summed E-state index contributed by atoms with van der Waals surface area (Å²) < 4.78 is 0. The van der Waals surface area contributed by atoms with Crippen molar-refractivity contribution < 1.29 is 48.9 Å². The molecule has 180 valence electrons. The average molecular weight is 460 g/mol. The Morgan fingerprint density at radius 1 is 0.656 bits per heavy atom. The summed E-state index contributed by atoms with van der Waals surface area (Å²) in [5.41, 5.74) is 0. The molecule has 0 rings (SSSR count). The molecule has 14 heteroatoms. The zero-order valence-corrected chi connectivity index (χ0v) is 18.0. The molecule has 0 bridgehead atoms. The molecule has 0 aromatic carbocycles. The number of nitrogens with one attached hydrogen (secondary N) is 4. The van der Waals surface area contributed by atoms with E-state index >= 15 is 0 Å². The maximum atomic E-state index is 12.7. The number of carboxylic acids is 3. The molecule has 0 saturated carbocycles. The molecule has 0 aliphatic carbocycles. The molecule has 32 heavy (non-hydrogen) atoms. The fraction of sp³-hybridized carbons (Fsp3) is 0.611. The summed E-state index contributed by atoms with van der Waals surface area (Å²) in [6, 6.07) is -5.81. The second-order valence-corrected chi connectivity index (χ2v) is 7.31. The molecule has 4 amide bonds. The highest BCUT2D eigenvalue weighted by Gasteiger charge is 2.33. The molecule has 7 N–H and O–H groups in total. The van der Waals surface area contributed by atoms with Crippen molar-refractivity contribution in [1.29, 1.82) is 0 Å². The van der Waals surface area contributed by atoms with Crippen molar-refractivity contribution in [3.63, 3.8) is 0 Å². The van der Waals surface area contributed by atoms with Gasteiger partial charge in [-0.25, -0.2) is 0 Å². The standard InChI is InChI=1S/C18H28N4O10/c1-7(2)14(22-16(29)10(5-12(24)25)20-9(4)23)17(30)21-11(6-13(26)27)15(28)19-8(3)18(31)32/h7-8,10-11,14H,5-6H2,1-4H3,(H,19,28)(H,20,23)(H,21,30)(H,22,29)(H,24,25)(H,26,27)(H,31,32)/t8-,10-,11-,14-/m0/s1. The van der Waals surface area contributed by atoms with Crippen LogP contribution in [0.2, 0.25) is 0 Å².